The summed E-state index contributed by atoms with van der Waals surface area (Å²) in [5.41, 5.74) is 1.22. The average Bonchev–Trinajstić information content (AvgIpc) is 2.65. The fourth-order valence-corrected chi connectivity index (χ4v) is 2.23. The van der Waals surface area contributed by atoms with E-state index in [2.05, 4.69) is 0 Å². The summed E-state index contributed by atoms with van der Waals surface area (Å²) in [6.45, 7) is 1.39. The second-order valence-corrected chi connectivity index (χ2v) is 4.33. The Labute approximate surface area is 95.0 Å². The molecule has 2 rings (SSSR count). The van der Waals surface area contributed by atoms with Gasteiger partial charge in [-0.25, -0.2) is 0 Å². The molecule has 1 aromatic carbocycles. The number of carbonyl (C=O) groups is 1. The van der Waals surface area contributed by atoms with Gasteiger partial charge in [-0.2, -0.15) is 0 Å². The molecule has 1 saturated carbocycles. The number of benzene rings is 1. The Kier molecular flexibility index (Phi) is 3.25. The molecule has 0 heterocycles. The van der Waals surface area contributed by atoms with Crippen molar-refractivity contribution < 1.29 is 14.6 Å². The molecule has 0 amide bonds. The molecule has 0 aromatic heterocycles. The van der Waals surface area contributed by atoms with Gasteiger partial charge >= 0.3 is 5.97 Å². The van der Waals surface area contributed by atoms with Gasteiger partial charge in [0.15, 0.2) is 0 Å². The normalized spacial score (nSPS) is 24.4. The molecule has 3 heteroatoms. The Hall–Kier alpha value is -1.35. The van der Waals surface area contributed by atoms with Gasteiger partial charge in [-0.3, -0.25) is 4.79 Å². The number of carbonyl (C=O) groups excluding carboxylic acids is 1. The monoisotopic (exact) mass is 220 g/mol. The Morgan fingerprint density at radius 3 is 2.50 bits per heavy atom. The van der Waals surface area contributed by atoms with Gasteiger partial charge in [-0.1, -0.05) is 12.1 Å². The number of hydrogen-bond acceptors (Lipinski definition) is 3. The molecule has 86 valence electrons. The first-order valence-electron chi connectivity index (χ1n) is 5.61. The van der Waals surface area contributed by atoms with E-state index < -0.39 is 0 Å². The summed E-state index contributed by atoms with van der Waals surface area (Å²) in [4.78, 5) is 10.7. The highest BCUT2D eigenvalue weighted by atomic mass is 16.5. The molecule has 1 aliphatic rings. The van der Waals surface area contributed by atoms with Crippen molar-refractivity contribution in [2.24, 2.45) is 0 Å². The van der Waals surface area contributed by atoms with Crippen molar-refractivity contribution in [1.29, 1.82) is 0 Å². The van der Waals surface area contributed by atoms with E-state index in [1.807, 2.05) is 12.1 Å². The smallest absolute Gasteiger partial charge is 0.308 e. The molecule has 0 bridgehead atoms. The molecule has 16 heavy (non-hydrogen) atoms. The lowest BCUT2D eigenvalue weighted by Crippen LogP contribution is -2.02. The van der Waals surface area contributed by atoms with Crippen LogP contribution in [0.4, 0.5) is 0 Å². The predicted molar refractivity (Wildman–Crippen MR) is 60.3 cm³/mol. The van der Waals surface area contributed by atoms with Crippen LogP contribution in [-0.4, -0.2) is 17.2 Å². The van der Waals surface area contributed by atoms with Crippen molar-refractivity contribution in [3.63, 3.8) is 0 Å². The summed E-state index contributed by atoms with van der Waals surface area (Å²) in [6.07, 6.45) is 2.61. The third-order valence-electron chi connectivity index (χ3n) is 3.02. The molecule has 1 aromatic rings. The van der Waals surface area contributed by atoms with E-state index in [4.69, 9.17) is 4.74 Å². The van der Waals surface area contributed by atoms with Gasteiger partial charge < -0.3 is 9.84 Å². The van der Waals surface area contributed by atoms with Gasteiger partial charge in [0, 0.05) is 6.92 Å². The maximum Gasteiger partial charge on any atom is 0.308 e. The van der Waals surface area contributed by atoms with Crippen molar-refractivity contribution in [3.8, 4) is 5.75 Å². The van der Waals surface area contributed by atoms with Crippen molar-refractivity contribution >= 4 is 5.97 Å². The highest BCUT2D eigenvalue weighted by Gasteiger charge is 2.23. The van der Waals surface area contributed by atoms with E-state index in [1.165, 1.54) is 12.5 Å². The molecular formula is C13H16O3. The molecule has 2 atom stereocenters. The Morgan fingerprint density at radius 1 is 1.31 bits per heavy atom. The second-order valence-electron chi connectivity index (χ2n) is 4.33. The first-order chi connectivity index (χ1) is 7.65. The lowest BCUT2D eigenvalue weighted by Gasteiger charge is -2.10. The van der Waals surface area contributed by atoms with Crippen LogP contribution in [0.1, 0.15) is 37.7 Å². The minimum Gasteiger partial charge on any atom is -0.427 e. The fourth-order valence-electron chi connectivity index (χ4n) is 2.23. The van der Waals surface area contributed by atoms with Crippen LogP contribution in [0.5, 0.6) is 5.75 Å². The predicted octanol–water partition coefficient (Wildman–Crippen LogP) is 2.24. The molecule has 0 saturated heterocycles. The van der Waals surface area contributed by atoms with Crippen LogP contribution >= 0.6 is 0 Å². The van der Waals surface area contributed by atoms with E-state index in [-0.39, 0.29) is 12.1 Å². The third kappa shape index (κ3) is 2.61. The summed E-state index contributed by atoms with van der Waals surface area (Å²) < 4.78 is 4.96. The van der Waals surface area contributed by atoms with Crippen LogP contribution in [0.3, 0.4) is 0 Å². The molecule has 1 fully saturated rings. The first kappa shape index (κ1) is 11.1. The van der Waals surface area contributed by atoms with Crippen LogP contribution in [-0.2, 0) is 4.79 Å². The molecule has 2 unspecified atom stereocenters. The summed E-state index contributed by atoms with van der Waals surface area (Å²) in [7, 11) is 0. The Balaban J connectivity index is 2.04. The van der Waals surface area contributed by atoms with E-state index in [1.54, 1.807) is 12.1 Å². The molecule has 0 aliphatic heterocycles. The van der Waals surface area contributed by atoms with E-state index in [0.717, 1.165) is 19.3 Å². The topological polar surface area (TPSA) is 46.5 Å². The van der Waals surface area contributed by atoms with Crippen LogP contribution < -0.4 is 4.74 Å². The molecule has 0 spiro atoms. The van der Waals surface area contributed by atoms with Gasteiger partial charge in [0.25, 0.3) is 0 Å². The van der Waals surface area contributed by atoms with Crippen LogP contribution in [0.2, 0.25) is 0 Å². The highest BCUT2D eigenvalue weighted by Crippen LogP contribution is 2.34. The van der Waals surface area contributed by atoms with Crippen molar-refractivity contribution in [2.75, 3.05) is 0 Å². The number of hydrogen-bond donors (Lipinski definition) is 1. The van der Waals surface area contributed by atoms with E-state index in [9.17, 15) is 9.90 Å². The van der Waals surface area contributed by atoms with Crippen molar-refractivity contribution in [3.05, 3.63) is 29.8 Å². The summed E-state index contributed by atoms with van der Waals surface area (Å²) in [6, 6.07) is 7.56. The van der Waals surface area contributed by atoms with Crippen LogP contribution in [0.15, 0.2) is 24.3 Å². The SMILES string of the molecule is CC(=O)Oc1ccc(C2CCC(O)C2)cc1. The zero-order valence-corrected chi connectivity index (χ0v) is 9.35. The van der Waals surface area contributed by atoms with Gasteiger partial charge in [0.2, 0.25) is 0 Å². The van der Waals surface area contributed by atoms with Gasteiger partial charge in [0.05, 0.1) is 6.10 Å². The quantitative estimate of drug-likeness (QED) is 0.614. The van der Waals surface area contributed by atoms with Gasteiger partial charge in [-0.15, -0.1) is 0 Å². The van der Waals surface area contributed by atoms with Crippen LogP contribution in [0.25, 0.3) is 0 Å². The Bertz CT molecular complexity index is 369. The first-order valence-corrected chi connectivity index (χ1v) is 5.61. The molecule has 1 aliphatic carbocycles. The number of rotatable bonds is 2. The summed E-state index contributed by atoms with van der Waals surface area (Å²) >= 11 is 0. The summed E-state index contributed by atoms with van der Waals surface area (Å²) in [5.74, 6) is 0.722. The van der Waals surface area contributed by atoms with Gasteiger partial charge in [-0.05, 0) is 42.9 Å². The molecule has 0 radical (unpaired) electrons. The van der Waals surface area contributed by atoms with Crippen molar-refractivity contribution in [1.82, 2.24) is 0 Å². The molecule has 3 nitrogen and oxygen atoms in total. The minimum absolute atomic E-state index is 0.154. The fraction of sp³-hybridized carbons (Fsp3) is 0.462. The standard InChI is InChI=1S/C13H16O3/c1-9(14)16-13-6-3-10(4-7-13)11-2-5-12(15)8-11/h3-4,6-7,11-12,15H,2,5,8H2,1H3. The maximum atomic E-state index is 10.7. The zero-order chi connectivity index (χ0) is 11.5. The Morgan fingerprint density at radius 2 is 2.00 bits per heavy atom. The average molecular weight is 220 g/mol. The zero-order valence-electron chi connectivity index (χ0n) is 9.35. The largest absolute Gasteiger partial charge is 0.427 e. The number of aliphatic hydroxyl groups excluding tert-OH is 1. The maximum absolute atomic E-state index is 10.7. The minimum atomic E-state index is -0.302. The number of esters is 1. The van der Waals surface area contributed by atoms with E-state index >= 15 is 0 Å². The molecular weight excluding hydrogens is 204 g/mol. The van der Waals surface area contributed by atoms with E-state index in [0.29, 0.717) is 11.7 Å². The van der Waals surface area contributed by atoms with Crippen LogP contribution in [0, 0.1) is 0 Å². The number of ether oxygens (including phenoxy) is 1. The molecule has 1 N–H and O–H groups in total. The lowest BCUT2D eigenvalue weighted by atomic mass is 9.98. The van der Waals surface area contributed by atoms with Crippen molar-refractivity contribution in [2.45, 2.75) is 38.2 Å². The van der Waals surface area contributed by atoms with Gasteiger partial charge in [0.1, 0.15) is 5.75 Å². The highest BCUT2D eigenvalue weighted by molar-refractivity contribution is 5.69. The number of aliphatic hydroxyl groups is 1. The second kappa shape index (κ2) is 4.66. The summed E-state index contributed by atoms with van der Waals surface area (Å²) in [5, 5.41) is 9.47. The third-order valence-corrected chi connectivity index (χ3v) is 3.02. The lowest BCUT2D eigenvalue weighted by molar-refractivity contribution is -0.131.